The summed E-state index contributed by atoms with van der Waals surface area (Å²) in [6.07, 6.45) is 7.70. The molecule has 1 aliphatic heterocycles. The minimum Gasteiger partial charge on any atom is -0.438 e. The summed E-state index contributed by atoms with van der Waals surface area (Å²) in [6.45, 7) is 6.44. The molecule has 4 rings (SSSR count). The van der Waals surface area contributed by atoms with Gasteiger partial charge in [-0.25, -0.2) is 18.1 Å². The molecule has 0 saturated carbocycles. The van der Waals surface area contributed by atoms with Crippen molar-refractivity contribution in [3.8, 4) is 17.7 Å². The molecule has 0 atom stereocenters. The Hall–Kier alpha value is -3.78. The van der Waals surface area contributed by atoms with Gasteiger partial charge in [0.25, 0.3) is 0 Å². The van der Waals surface area contributed by atoms with Gasteiger partial charge in [-0.1, -0.05) is 12.1 Å². The number of ether oxygens (including phenoxy) is 1. The standard InChI is InChI=1S/C28H32N6O3S/c1-20-17-23(5-4-13-29)18-21(2)27(20)37-26-10-14-30-28(32-26)31-24-8-6-22(7-9-24)19-34-15-11-25(12-16-34)33-38(3,35)36/h4-10,14,17-18,25,33H,11-12,15-16,19H2,1-3H3,(H,30,31,32)/b5-4+. The Morgan fingerprint density at radius 3 is 2.45 bits per heavy atom. The fraction of sp³-hybridized carbons (Fsp3) is 0.321. The molecule has 2 aromatic carbocycles. The lowest BCUT2D eigenvalue weighted by atomic mass is 10.1. The normalized spacial score (nSPS) is 14.9. The summed E-state index contributed by atoms with van der Waals surface area (Å²) in [5, 5.41) is 12.0. The van der Waals surface area contributed by atoms with Crippen LogP contribution in [0.25, 0.3) is 6.08 Å². The van der Waals surface area contributed by atoms with Gasteiger partial charge in [-0.2, -0.15) is 10.2 Å². The zero-order chi connectivity index (χ0) is 27.1. The van der Waals surface area contributed by atoms with Crippen LogP contribution < -0.4 is 14.8 Å². The molecule has 1 aromatic heterocycles. The summed E-state index contributed by atoms with van der Waals surface area (Å²) in [5.74, 6) is 1.59. The molecule has 38 heavy (non-hydrogen) atoms. The van der Waals surface area contributed by atoms with Gasteiger partial charge in [-0.3, -0.25) is 4.90 Å². The third kappa shape index (κ3) is 7.86. The number of nitrogens with zero attached hydrogens (tertiary/aromatic N) is 4. The molecular formula is C28H32N6O3S. The van der Waals surface area contributed by atoms with Crippen LogP contribution >= 0.6 is 0 Å². The van der Waals surface area contributed by atoms with Gasteiger partial charge >= 0.3 is 0 Å². The van der Waals surface area contributed by atoms with Crippen LogP contribution in [0.2, 0.25) is 0 Å². The van der Waals surface area contributed by atoms with Crippen molar-refractivity contribution in [2.24, 2.45) is 0 Å². The predicted molar refractivity (Wildman–Crippen MR) is 149 cm³/mol. The summed E-state index contributed by atoms with van der Waals surface area (Å²) in [7, 11) is -3.16. The highest BCUT2D eigenvalue weighted by molar-refractivity contribution is 7.88. The van der Waals surface area contributed by atoms with Gasteiger partial charge in [0.15, 0.2) is 0 Å². The molecule has 0 aliphatic carbocycles. The van der Waals surface area contributed by atoms with Crippen LogP contribution in [0.3, 0.4) is 0 Å². The third-order valence-corrected chi connectivity index (χ3v) is 7.02. The maximum atomic E-state index is 11.4. The second-order valence-corrected chi connectivity index (χ2v) is 11.3. The van der Waals surface area contributed by atoms with Crippen LogP contribution in [0, 0.1) is 25.2 Å². The molecule has 2 N–H and O–H groups in total. The highest BCUT2D eigenvalue weighted by Crippen LogP contribution is 2.30. The Morgan fingerprint density at radius 1 is 1.13 bits per heavy atom. The molecule has 1 saturated heterocycles. The number of hydrogen-bond donors (Lipinski definition) is 2. The first kappa shape index (κ1) is 27.3. The molecule has 1 aliphatic rings. The van der Waals surface area contributed by atoms with Crippen molar-refractivity contribution in [2.75, 3.05) is 24.7 Å². The first-order chi connectivity index (χ1) is 18.2. The molecule has 3 aromatic rings. The number of aryl methyl sites for hydroxylation is 2. The van der Waals surface area contributed by atoms with Gasteiger partial charge in [-0.15, -0.1) is 0 Å². The van der Waals surface area contributed by atoms with Crippen LogP contribution in [-0.4, -0.2) is 48.7 Å². The largest absolute Gasteiger partial charge is 0.438 e. The van der Waals surface area contributed by atoms with Gasteiger partial charge in [0.1, 0.15) is 5.75 Å². The summed E-state index contributed by atoms with van der Waals surface area (Å²) >= 11 is 0. The number of anilines is 2. The van der Waals surface area contributed by atoms with E-state index in [0.717, 1.165) is 60.6 Å². The molecule has 0 bridgehead atoms. The SMILES string of the molecule is Cc1cc(/C=C/C#N)cc(C)c1Oc1ccnc(Nc2ccc(CN3CCC(NS(C)(=O)=O)CC3)cc2)n1. The van der Waals surface area contributed by atoms with Crippen molar-refractivity contribution in [3.05, 3.63) is 77.0 Å². The lowest BCUT2D eigenvalue weighted by Crippen LogP contribution is -2.43. The summed E-state index contributed by atoms with van der Waals surface area (Å²) in [5.41, 5.74) is 4.88. The van der Waals surface area contributed by atoms with Crippen LogP contribution in [-0.2, 0) is 16.6 Å². The molecule has 0 spiro atoms. The van der Waals surface area contributed by atoms with Gasteiger partial charge in [0, 0.05) is 49.7 Å². The van der Waals surface area contributed by atoms with Crippen LogP contribution in [0.15, 0.2) is 54.7 Å². The van der Waals surface area contributed by atoms with E-state index < -0.39 is 10.0 Å². The van der Waals surface area contributed by atoms with Gasteiger partial charge in [0.05, 0.1) is 12.3 Å². The van der Waals surface area contributed by atoms with Crippen molar-refractivity contribution in [2.45, 2.75) is 39.3 Å². The number of likely N-dealkylation sites (tertiary alicyclic amines) is 1. The summed E-state index contributed by atoms with van der Waals surface area (Å²) in [6, 6.07) is 15.8. The van der Waals surface area contributed by atoms with E-state index in [4.69, 9.17) is 10.00 Å². The smallest absolute Gasteiger partial charge is 0.230 e. The average molecular weight is 533 g/mol. The second kappa shape index (κ2) is 12.2. The maximum Gasteiger partial charge on any atom is 0.230 e. The lowest BCUT2D eigenvalue weighted by molar-refractivity contribution is 0.200. The monoisotopic (exact) mass is 532 g/mol. The number of hydrogen-bond acceptors (Lipinski definition) is 8. The van der Waals surface area contributed by atoms with Crippen LogP contribution in [0.5, 0.6) is 11.6 Å². The Labute approximate surface area is 224 Å². The van der Waals surface area contributed by atoms with E-state index in [9.17, 15) is 8.42 Å². The van der Waals surface area contributed by atoms with Crippen molar-refractivity contribution < 1.29 is 13.2 Å². The summed E-state index contributed by atoms with van der Waals surface area (Å²) in [4.78, 5) is 11.2. The summed E-state index contributed by atoms with van der Waals surface area (Å²) < 4.78 is 31.7. The van der Waals surface area contributed by atoms with E-state index in [1.807, 2.05) is 44.2 Å². The van der Waals surface area contributed by atoms with E-state index in [-0.39, 0.29) is 6.04 Å². The Kier molecular flexibility index (Phi) is 8.73. The van der Waals surface area contributed by atoms with Crippen LogP contribution in [0.4, 0.5) is 11.6 Å². The zero-order valence-corrected chi connectivity index (χ0v) is 22.6. The minimum absolute atomic E-state index is 0.0198. The van der Waals surface area contributed by atoms with Gasteiger partial charge < -0.3 is 10.1 Å². The molecule has 0 unspecified atom stereocenters. The van der Waals surface area contributed by atoms with Gasteiger partial charge in [0.2, 0.25) is 21.9 Å². The first-order valence-corrected chi connectivity index (χ1v) is 14.3. The number of nitrogens with one attached hydrogen (secondary N) is 2. The number of allylic oxidation sites excluding steroid dienone is 1. The molecule has 0 amide bonds. The van der Waals surface area contributed by atoms with E-state index in [1.54, 1.807) is 18.3 Å². The average Bonchev–Trinajstić information content (AvgIpc) is 2.87. The van der Waals surface area contributed by atoms with Crippen LogP contribution in [0.1, 0.15) is 35.1 Å². The van der Waals surface area contributed by atoms with Crippen molar-refractivity contribution >= 4 is 27.7 Å². The fourth-order valence-corrected chi connectivity index (χ4v) is 5.37. The Morgan fingerprint density at radius 2 is 1.82 bits per heavy atom. The maximum absolute atomic E-state index is 11.4. The Balaban J connectivity index is 1.34. The minimum atomic E-state index is -3.16. The topological polar surface area (TPSA) is 120 Å². The molecule has 1 fully saturated rings. The number of benzene rings is 2. The number of piperidine rings is 1. The quantitative estimate of drug-likeness (QED) is 0.381. The fourth-order valence-electron chi connectivity index (χ4n) is 4.53. The number of rotatable bonds is 9. The number of aromatic nitrogens is 2. The zero-order valence-electron chi connectivity index (χ0n) is 21.8. The molecule has 0 radical (unpaired) electrons. The third-order valence-electron chi connectivity index (χ3n) is 6.25. The lowest BCUT2D eigenvalue weighted by Gasteiger charge is -2.31. The van der Waals surface area contributed by atoms with E-state index in [0.29, 0.717) is 11.8 Å². The predicted octanol–water partition coefficient (Wildman–Crippen LogP) is 4.68. The molecule has 9 nitrogen and oxygen atoms in total. The van der Waals surface area contributed by atoms with E-state index in [2.05, 4.69) is 37.0 Å². The van der Waals surface area contributed by atoms with E-state index >= 15 is 0 Å². The first-order valence-electron chi connectivity index (χ1n) is 12.4. The highest BCUT2D eigenvalue weighted by atomic mass is 32.2. The van der Waals surface area contributed by atoms with Crippen molar-refractivity contribution in [1.82, 2.24) is 19.6 Å². The Bertz CT molecular complexity index is 1420. The molecular weight excluding hydrogens is 500 g/mol. The molecule has 10 heteroatoms. The van der Waals surface area contributed by atoms with Gasteiger partial charge in [-0.05, 0) is 79.3 Å². The molecule has 2 heterocycles. The number of nitriles is 1. The van der Waals surface area contributed by atoms with Crippen molar-refractivity contribution in [1.29, 1.82) is 5.26 Å². The second-order valence-electron chi connectivity index (χ2n) is 9.53. The van der Waals surface area contributed by atoms with E-state index in [1.165, 1.54) is 17.9 Å². The highest BCUT2D eigenvalue weighted by Gasteiger charge is 2.21. The van der Waals surface area contributed by atoms with Crippen molar-refractivity contribution in [3.63, 3.8) is 0 Å². The molecule has 198 valence electrons. The number of sulfonamides is 1.